The third kappa shape index (κ3) is 5.18. The third-order valence-electron chi connectivity index (χ3n) is 2.05. The van der Waals surface area contributed by atoms with Gasteiger partial charge in [-0.05, 0) is 26.8 Å². The molecule has 0 bridgehead atoms. The Hall–Kier alpha value is -1.11. The summed E-state index contributed by atoms with van der Waals surface area (Å²) in [6, 6.07) is 0.960. The molecule has 1 amide bonds. The minimum absolute atomic E-state index is 0.126. The molecule has 0 radical (unpaired) electrons. The number of amides is 1. The lowest BCUT2D eigenvalue weighted by Crippen LogP contribution is -2.38. The van der Waals surface area contributed by atoms with Crippen molar-refractivity contribution in [2.24, 2.45) is 5.73 Å². The van der Waals surface area contributed by atoms with Crippen molar-refractivity contribution in [1.82, 2.24) is 15.5 Å². The van der Waals surface area contributed by atoms with Crippen LogP contribution < -0.4 is 11.1 Å². The lowest BCUT2D eigenvalue weighted by molar-refractivity contribution is 0.0505. The minimum atomic E-state index is -0.596. The van der Waals surface area contributed by atoms with Crippen LogP contribution in [0.3, 0.4) is 0 Å². The molecule has 0 saturated heterocycles. The number of hydrogen-bond acceptors (Lipinski definition) is 5. The van der Waals surface area contributed by atoms with Crippen LogP contribution in [0.15, 0.2) is 6.07 Å². The minimum Gasteiger partial charge on any atom is -0.444 e. The summed E-state index contributed by atoms with van der Waals surface area (Å²) >= 11 is 11.7. The van der Waals surface area contributed by atoms with E-state index in [-0.39, 0.29) is 16.9 Å². The fourth-order valence-electron chi connectivity index (χ4n) is 1.32. The van der Waals surface area contributed by atoms with Gasteiger partial charge in [0.25, 0.3) is 0 Å². The fraction of sp³-hybridized carbons (Fsp3) is 0.545. The lowest BCUT2D eigenvalue weighted by atomic mass is 10.1. The van der Waals surface area contributed by atoms with Crippen molar-refractivity contribution in [1.29, 1.82) is 0 Å². The molecule has 1 atom stereocenters. The van der Waals surface area contributed by atoms with E-state index in [1.54, 1.807) is 20.8 Å². The molecule has 1 aromatic rings. The average molecular weight is 307 g/mol. The van der Waals surface area contributed by atoms with Crippen molar-refractivity contribution >= 4 is 29.3 Å². The first kappa shape index (κ1) is 15.9. The number of alkyl carbamates (subject to hydrolysis) is 1. The Bertz CT molecular complexity index is 462. The second kappa shape index (κ2) is 6.36. The van der Waals surface area contributed by atoms with Crippen LogP contribution in [0, 0.1) is 0 Å². The van der Waals surface area contributed by atoms with E-state index in [4.69, 9.17) is 33.7 Å². The Morgan fingerprint density at radius 1 is 1.47 bits per heavy atom. The molecule has 0 aliphatic carbocycles. The van der Waals surface area contributed by atoms with Gasteiger partial charge in [0.15, 0.2) is 10.3 Å². The van der Waals surface area contributed by atoms with Gasteiger partial charge in [0.2, 0.25) is 0 Å². The van der Waals surface area contributed by atoms with Gasteiger partial charge in [-0.1, -0.05) is 23.2 Å². The highest BCUT2D eigenvalue weighted by molar-refractivity contribution is 6.31. The summed E-state index contributed by atoms with van der Waals surface area (Å²) in [4.78, 5) is 11.7. The van der Waals surface area contributed by atoms with Gasteiger partial charge in [0.1, 0.15) is 5.60 Å². The number of halogens is 2. The van der Waals surface area contributed by atoms with E-state index in [1.807, 2.05) is 0 Å². The molecule has 0 aromatic carbocycles. The Labute approximate surface area is 121 Å². The predicted molar refractivity (Wildman–Crippen MR) is 73.2 cm³/mol. The van der Waals surface area contributed by atoms with Gasteiger partial charge in [-0.15, -0.1) is 10.2 Å². The van der Waals surface area contributed by atoms with Gasteiger partial charge < -0.3 is 15.8 Å². The highest BCUT2D eigenvalue weighted by Gasteiger charge is 2.22. The lowest BCUT2D eigenvalue weighted by Gasteiger charge is -2.23. The van der Waals surface area contributed by atoms with E-state index in [0.717, 1.165) is 0 Å². The van der Waals surface area contributed by atoms with Crippen LogP contribution >= 0.6 is 23.2 Å². The Kier molecular flexibility index (Phi) is 5.34. The van der Waals surface area contributed by atoms with Crippen LogP contribution in [0.4, 0.5) is 4.79 Å². The monoisotopic (exact) mass is 306 g/mol. The van der Waals surface area contributed by atoms with Crippen LogP contribution in [0.1, 0.15) is 32.4 Å². The summed E-state index contributed by atoms with van der Waals surface area (Å²) in [6.45, 7) is 5.42. The van der Waals surface area contributed by atoms with Crippen molar-refractivity contribution < 1.29 is 9.53 Å². The van der Waals surface area contributed by atoms with E-state index in [9.17, 15) is 4.79 Å². The molecule has 0 aliphatic heterocycles. The maximum atomic E-state index is 11.7. The van der Waals surface area contributed by atoms with Gasteiger partial charge in [-0.25, -0.2) is 4.79 Å². The Morgan fingerprint density at radius 2 is 2.11 bits per heavy atom. The molecule has 0 fully saturated rings. The molecule has 3 N–H and O–H groups in total. The molecule has 6 nitrogen and oxygen atoms in total. The maximum absolute atomic E-state index is 11.7. The predicted octanol–water partition coefficient (Wildman–Crippen LogP) is 2.31. The number of nitrogens with one attached hydrogen (secondary N) is 1. The SMILES string of the molecule is CC(C)(C)OC(=O)NC(CN)c1cc(Cl)nnc1Cl. The van der Waals surface area contributed by atoms with E-state index < -0.39 is 17.7 Å². The average Bonchev–Trinajstić information content (AvgIpc) is 2.27. The highest BCUT2D eigenvalue weighted by Crippen LogP contribution is 2.22. The quantitative estimate of drug-likeness (QED) is 0.894. The van der Waals surface area contributed by atoms with E-state index >= 15 is 0 Å². The first-order valence-electron chi connectivity index (χ1n) is 5.61. The molecule has 0 saturated carbocycles. The van der Waals surface area contributed by atoms with E-state index in [2.05, 4.69) is 15.5 Å². The van der Waals surface area contributed by atoms with Crippen LogP contribution in [-0.4, -0.2) is 28.4 Å². The summed E-state index contributed by atoms with van der Waals surface area (Å²) in [5.41, 5.74) is 5.51. The summed E-state index contributed by atoms with van der Waals surface area (Å²) < 4.78 is 5.14. The molecule has 106 valence electrons. The number of carbonyl (C=O) groups is 1. The normalized spacial score (nSPS) is 12.9. The molecular formula is C11H16Cl2N4O2. The molecule has 1 rings (SSSR count). The zero-order valence-corrected chi connectivity index (χ0v) is 12.4. The summed E-state index contributed by atoms with van der Waals surface area (Å²) in [7, 11) is 0. The van der Waals surface area contributed by atoms with Crippen molar-refractivity contribution in [2.45, 2.75) is 32.4 Å². The maximum Gasteiger partial charge on any atom is 0.408 e. The molecule has 0 spiro atoms. The molecule has 0 aliphatic rings. The number of hydrogen-bond donors (Lipinski definition) is 2. The molecular weight excluding hydrogens is 291 g/mol. The van der Waals surface area contributed by atoms with Crippen molar-refractivity contribution in [3.63, 3.8) is 0 Å². The number of nitrogens with zero attached hydrogens (tertiary/aromatic N) is 2. The summed E-state index contributed by atoms with van der Waals surface area (Å²) in [5, 5.41) is 10.2. The van der Waals surface area contributed by atoms with Gasteiger partial charge in [-0.2, -0.15) is 0 Å². The molecule has 19 heavy (non-hydrogen) atoms. The van der Waals surface area contributed by atoms with Crippen LogP contribution in [-0.2, 0) is 4.74 Å². The van der Waals surface area contributed by atoms with Gasteiger partial charge in [0, 0.05) is 12.1 Å². The number of carbonyl (C=O) groups excluding carboxylic acids is 1. The number of aromatic nitrogens is 2. The smallest absolute Gasteiger partial charge is 0.408 e. The Balaban J connectivity index is 2.84. The molecule has 1 aromatic heterocycles. The van der Waals surface area contributed by atoms with Crippen molar-refractivity contribution in [3.05, 3.63) is 21.9 Å². The van der Waals surface area contributed by atoms with Gasteiger partial charge in [-0.3, -0.25) is 0 Å². The van der Waals surface area contributed by atoms with Gasteiger partial charge >= 0.3 is 6.09 Å². The second-order valence-electron chi connectivity index (χ2n) is 4.85. The summed E-state index contributed by atoms with van der Waals surface area (Å²) in [5.74, 6) is 0. The molecule has 8 heteroatoms. The zero-order chi connectivity index (χ0) is 14.6. The van der Waals surface area contributed by atoms with E-state index in [0.29, 0.717) is 5.56 Å². The standard InChI is InChI=1S/C11H16Cl2N4O2/c1-11(2,3)19-10(18)15-7(5-14)6-4-8(12)16-17-9(6)13/h4,7H,5,14H2,1-3H3,(H,15,18). The first-order valence-corrected chi connectivity index (χ1v) is 6.36. The van der Waals surface area contributed by atoms with Crippen LogP contribution in [0.2, 0.25) is 10.3 Å². The van der Waals surface area contributed by atoms with Gasteiger partial charge in [0.05, 0.1) is 6.04 Å². The largest absolute Gasteiger partial charge is 0.444 e. The number of nitrogens with two attached hydrogens (primary N) is 1. The highest BCUT2D eigenvalue weighted by atomic mass is 35.5. The Morgan fingerprint density at radius 3 is 2.63 bits per heavy atom. The summed E-state index contributed by atoms with van der Waals surface area (Å²) in [6.07, 6.45) is -0.591. The number of rotatable bonds is 3. The topological polar surface area (TPSA) is 90.1 Å². The second-order valence-corrected chi connectivity index (χ2v) is 5.59. The van der Waals surface area contributed by atoms with Crippen LogP contribution in [0.5, 0.6) is 0 Å². The first-order chi connectivity index (χ1) is 8.73. The molecule has 1 heterocycles. The van der Waals surface area contributed by atoms with Crippen molar-refractivity contribution in [2.75, 3.05) is 6.54 Å². The molecule has 1 unspecified atom stereocenters. The zero-order valence-electron chi connectivity index (χ0n) is 10.9. The number of ether oxygens (including phenoxy) is 1. The van der Waals surface area contributed by atoms with Crippen LogP contribution in [0.25, 0.3) is 0 Å². The van der Waals surface area contributed by atoms with Crippen molar-refractivity contribution in [3.8, 4) is 0 Å². The fourth-order valence-corrected chi connectivity index (χ4v) is 1.70. The third-order valence-corrected chi connectivity index (χ3v) is 2.53. The van der Waals surface area contributed by atoms with E-state index in [1.165, 1.54) is 6.07 Å².